The van der Waals surface area contributed by atoms with E-state index in [1.54, 1.807) is 6.33 Å². The molecule has 4 fully saturated rings. The van der Waals surface area contributed by atoms with E-state index in [1.165, 1.54) is 5.57 Å². The molecule has 3 heterocycles. The van der Waals surface area contributed by atoms with Gasteiger partial charge in [-0.25, -0.2) is 14.5 Å². The van der Waals surface area contributed by atoms with Crippen molar-refractivity contribution < 1.29 is 24.1 Å². The Kier molecular flexibility index (Phi) is 9.99. The third-order valence-electron chi connectivity index (χ3n) is 17.2. The highest BCUT2D eigenvalue weighted by Crippen LogP contribution is 2.74. The van der Waals surface area contributed by atoms with Crippen LogP contribution in [0.15, 0.2) is 42.5 Å². The molecule has 2 bridgehead atoms. The third kappa shape index (κ3) is 5.65. The van der Waals surface area contributed by atoms with Crippen LogP contribution in [0.1, 0.15) is 114 Å². The predicted octanol–water partition coefficient (Wildman–Crippen LogP) is 8.85. The summed E-state index contributed by atoms with van der Waals surface area (Å²) in [6, 6.07) is 3.94. The van der Waals surface area contributed by atoms with Gasteiger partial charge in [-0.05, 0) is 99.6 Å². The molecule has 10 nitrogen and oxygen atoms in total. The monoisotopic (exact) mass is 746 g/mol. The number of pyridine rings is 1. The Morgan fingerprint density at radius 3 is 2.44 bits per heavy atom. The summed E-state index contributed by atoms with van der Waals surface area (Å²) in [6.07, 6.45) is 11.9. The average Bonchev–Trinajstić information content (AvgIpc) is 3.63. The largest absolute Gasteiger partial charge is 0.506 e. The van der Waals surface area contributed by atoms with Gasteiger partial charge in [-0.2, -0.15) is 5.10 Å². The van der Waals surface area contributed by atoms with E-state index in [0.717, 1.165) is 49.9 Å². The first-order chi connectivity index (χ1) is 25.4. The Morgan fingerprint density at radius 2 is 1.80 bits per heavy atom. The number of fused-ring (bicyclic) bond motifs is 3. The number of ether oxygens (including phenoxy) is 3. The van der Waals surface area contributed by atoms with Crippen LogP contribution in [0.5, 0.6) is 0 Å². The van der Waals surface area contributed by atoms with E-state index in [9.17, 15) is 9.90 Å². The second kappa shape index (κ2) is 13.7. The Labute approximate surface area is 323 Å². The fourth-order valence-corrected chi connectivity index (χ4v) is 12.8. The standard InChI is InChI=1S/C44H67N5O5/c1-27(2)29(5)39(6)18-19-41(8)31-12-13-34-40(7)23-52-25-44(34,32(31)14-17-42(41,9)37(39)54-38(50)51)22-33(35(40)53-24-43(10,45-11)28(3)4)49-36(47-26-48-49)30-15-20-46-21-16-30/h14-16,20-21,26-29,31,33-35,37,45H,12-13,17-19,22-25H2,1-11H3,(H,50,51)/t29-,31+,33-,34+,35+,37-,39-,40-,41-,42-,43+,44+/m1/s1. The molecule has 12 atom stereocenters. The molecule has 2 N–H and O–H groups in total. The maximum atomic E-state index is 12.5. The molecule has 1 saturated heterocycles. The van der Waals surface area contributed by atoms with Crippen LogP contribution >= 0.6 is 0 Å². The maximum Gasteiger partial charge on any atom is 0.506 e. The second-order valence-electron chi connectivity index (χ2n) is 19.9. The molecule has 2 aromatic rings. The lowest BCUT2D eigenvalue weighted by Crippen LogP contribution is -2.70. The summed E-state index contributed by atoms with van der Waals surface area (Å²) in [5.74, 6) is 2.58. The number of allylic oxidation sites excluding steroid dienone is 1. The molecule has 0 radical (unpaired) electrons. The highest BCUT2D eigenvalue weighted by atomic mass is 16.7. The van der Waals surface area contributed by atoms with Crippen molar-refractivity contribution in [2.24, 2.45) is 56.7 Å². The highest BCUT2D eigenvalue weighted by molar-refractivity contribution is 5.57. The number of hydrogen-bond acceptors (Lipinski definition) is 8. The van der Waals surface area contributed by atoms with Crippen molar-refractivity contribution in [3.05, 3.63) is 42.5 Å². The van der Waals surface area contributed by atoms with Gasteiger partial charge in [0.15, 0.2) is 5.82 Å². The van der Waals surface area contributed by atoms with Crippen molar-refractivity contribution in [3.8, 4) is 11.4 Å². The first kappa shape index (κ1) is 39.4. The molecule has 3 saturated carbocycles. The Bertz CT molecular complexity index is 1730. The Balaban J connectivity index is 1.35. The quantitative estimate of drug-likeness (QED) is 0.182. The molecule has 5 aliphatic rings. The topological polar surface area (TPSA) is 121 Å². The molecular weight excluding hydrogens is 679 g/mol. The van der Waals surface area contributed by atoms with Crippen LogP contribution in [0, 0.1) is 56.7 Å². The van der Waals surface area contributed by atoms with Crippen LogP contribution in [0.3, 0.4) is 0 Å². The van der Waals surface area contributed by atoms with Crippen LogP contribution < -0.4 is 5.32 Å². The van der Waals surface area contributed by atoms with Gasteiger partial charge in [0.25, 0.3) is 0 Å². The minimum Gasteiger partial charge on any atom is -0.450 e. The molecule has 10 heteroatoms. The van der Waals surface area contributed by atoms with E-state index in [0.29, 0.717) is 49.4 Å². The molecule has 7 rings (SSSR count). The van der Waals surface area contributed by atoms with Gasteiger partial charge in [0, 0.05) is 45.2 Å². The van der Waals surface area contributed by atoms with E-state index in [4.69, 9.17) is 24.3 Å². The van der Waals surface area contributed by atoms with Crippen LogP contribution in [0.2, 0.25) is 0 Å². The highest BCUT2D eigenvalue weighted by Gasteiger charge is 2.72. The van der Waals surface area contributed by atoms with Crippen LogP contribution in [0.25, 0.3) is 11.4 Å². The van der Waals surface area contributed by atoms with Gasteiger partial charge in [0.05, 0.1) is 32.0 Å². The summed E-state index contributed by atoms with van der Waals surface area (Å²) in [6.45, 7) is 25.0. The van der Waals surface area contributed by atoms with Gasteiger partial charge in [-0.1, -0.05) is 74.0 Å². The summed E-state index contributed by atoms with van der Waals surface area (Å²) < 4.78 is 22.4. The predicted molar refractivity (Wildman–Crippen MR) is 210 cm³/mol. The van der Waals surface area contributed by atoms with Gasteiger partial charge >= 0.3 is 6.16 Å². The van der Waals surface area contributed by atoms with E-state index in [-0.39, 0.29) is 44.8 Å². The zero-order valence-electron chi connectivity index (χ0n) is 34.8. The number of hydrogen-bond donors (Lipinski definition) is 2. The fourth-order valence-electron chi connectivity index (χ4n) is 12.8. The summed E-state index contributed by atoms with van der Waals surface area (Å²) in [4.78, 5) is 21.6. The van der Waals surface area contributed by atoms with Gasteiger partial charge in [-0.3, -0.25) is 4.98 Å². The van der Waals surface area contributed by atoms with Crippen LogP contribution in [0.4, 0.5) is 4.79 Å². The van der Waals surface area contributed by atoms with E-state index >= 15 is 0 Å². The molecule has 2 aromatic heterocycles. The summed E-state index contributed by atoms with van der Waals surface area (Å²) in [5, 5.41) is 18.8. The van der Waals surface area contributed by atoms with Crippen LogP contribution in [-0.4, -0.2) is 75.6 Å². The minimum absolute atomic E-state index is 0.0838. The van der Waals surface area contributed by atoms with Crippen molar-refractivity contribution >= 4 is 6.16 Å². The zero-order chi connectivity index (χ0) is 39.1. The van der Waals surface area contributed by atoms with Crippen molar-refractivity contribution in [1.82, 2.24) is 25.1 Å². The zero-order valence-corrected chi connectivity index (χ0v) is 34.8. The number of nitrogens with one attached hydrogen (secondary N) is 1. The maximum absolute atomic E-state index is 12.5. The van der Waals surface area contributed by atoms with Crippen LogP contribution in [-0.2, 0) is 14.2 Å². The van der Waals surface area contributed by atoms with Crippen molar-refractivity contribution in [1.29, 1.82) is 0 Å². The molecular formula is C44H67N5O5. The molecule has 0 amide bonds. The van der Waals surface area contributed by atoms with Crippen molar-refractivity contribution in [3.63, 3.8) is 0 Å². The fraction of sp³-hybridized carbons (Fsp3) is 0.773. The number of rotatable bonds is 10. The normalized spacial score (nSPS) is 40.5. The van der Waals surface area contributed by atoms with E-state index < -0.39 is 12.3 Å². The molecule has 0 spiro atoms. The number of carboxylic acid groups (broad SMARTS) is 1. The lowest BCUT2D eigenvalue weighted by molar-refractivity contribution is -0.256. The molecule has 54 heavy (non-hydrogen) atoms. The number of aromatic nitrogens is 4. The van der Waals surface area contributed by atoms with Crippen molar-refractivity contribution in [2.75, 3.05) is 26.9 Å². The lowest BCUT2D eigenvalue weighted by Gasteiger charge is -2.71. The molecule has 4 aliphatic carbocycles. The SMILES string of the molecule is CN[C@@](C)(CO[C@H]1[C@H](n2ncnc2-c2ccncc2)C[C@@]23COC[C@]1(C)[C@@H]2CC[C@H]1C3=CC[C@]2(C)[C@H](OC(=O)O)[C@@](C)([C@H](C)C(C)C)CC[C@]12C)C(C)C. The van der Waals surface area contributed by atoms with Gasteiger partial charge < -0.3 is 24.6 Å². The average molecular weight is 746 g/mol. The number of likely N-dealkylation sites (N-methyl/N-ethyl adjacent to an activating group) is 1. The first-order valence-electron chi connectivity index (χ1n) is 20.7. The number of nitrogens with zero attached hydrogens (tertiary/aromatic N) is 4. The molecule has 1 aliphatic heterocycles. The smallest absolute Gasteiger partial charge is 0.450 e. The van der Waals surface area contributed by atoms with E-state index in [1.807, 2.05) is 31.6 Å². The summed E-state index contributed by atoms with van der Waals surface area (Å²) in [5.41, 5.74) is 1.04. The number of carbonyl (C=O) groups is 1. The first-order valence-corrected chi connectivity index (χ1v) is 20.7. The third-order valence-corrected chi connectivity index (χ3v) is 17.2. The molecule has 0 unspecified atom stereocenters. The Hall–Kier alpha value is -2.82. The van der Waals surface area contributed by atoms with Gasteiger partial charge in [-0.15, -0.1) is 0 Å². The Morgan fingerprint density at radius 1 is 1.07 bits per heavy atom. The molecule has 0 aromatic carbocycles. The minimum atomic E-state index is -1.16. The second-order valence-corrected chi connectivity index (χ2v) is 19.9. The van der Waals surface area contributed by atoms with E-state index in [2.05, 4.69) is 90.3 Å². The summed E-state index contributed by atoms with van der Waals surface area (Å²) >= 11 is 0. The van der Waals surface area contributed by atoms with Crippen molar-refractivity contribution in [2.45, 2.75) is 132 Å². The van der Waals surface area contributed by atoms with Gasteiger partial charge in [0.1, 0.15) is 12.4 Å². The van der Waals surface area contributed by atoms with Gasteiger partial charge in [0.2, 0.25) is 0 Å². The molecule has 298 valence electrons. The summed E-state index contributed by atoms with van der Waals surface area (Å²) in [7, 11) is 2.03. The lowest BCUT2D eigenvalue weighted by atomic mass is 9.35.